The molecule has 5 unspecified atom stereocenters. The lowest BCUT2D eigenvalue weighted by Gasteiger charge is -2.45. The monoisotopic (exact) mass is 216 g/mol. The molecule has 0 radical (unpaired) electrons. The van der Waals surface area contributed by atoms with E-state index in [-0.39, 0.29) is 6.10 Å². The molecule has 2 rings (SSSR count). The summed E-state index contributed by atoms with van der Waals surface area (Å²) in [5.74, 6) is 2.21. The summed E-state index contributed by atoms with van der Waals surface area (Å²) in [5, 5.41) is 10.6. The Morgan fingerprint density at radius 2 is 2.07 bits per heavy atom. The second-order valence-corrected chi connectivity index (χ2v) is 5.90. The van der Waals surface area contributed by atoms with E-state index in [1.165, 1.54) is 12.2 Å². The van der Waals surface area contributed by atoms with Gasteiger partial charge in [0.15, 0.2) is 0 Å². The second-order valence-electron chi connectivity index (χ2n) is 4.55. The average Bonchev–Trinajstić information content (AvgIpc) is 2.23. The van der Waals surface area contributed by atoms with Crippen LogP contribution in [0, 0.1) is 11.8 Å². The predicted molar refractivity (Wildman–Crippen MR) is 59.6 cm³/mol. The van der Waals surface area contributed by atoms with Gasteiger partial charge in [-0.25, -0.2) is 0 Å². The molecule has 0 aromatic rings. The molecule has 1 aliphatic heterocycles. The van der Waals surface area contributed by atoms with Gasteiger partial charge in [-0.2, -0.15) is 11.8 Å². The fraction of sp³-hybridized carbons (Fsp3) is 1.00. The van der Waals surface area contributed by atoms with Crippen molar-refractivity contribution in [2.45, 2.75) is 43.6 Å². The molecule has 1 saturated heterocycles. The molecule has 2 nitrogen and oxygen atoms in total. The van der Waals surface area contributed by atoms with Crippen LogP contribution in [0.15, 0.2) is 0 Å². The molecule has 0 aromatic heterocycles. The van der Waals surface area contributed by atoms with Crippen LogP contribution >= 0.6 is 11.8 Å². The molecule has 3 heteroatoms. The number of hydrogen-bond donors (Lipinski definition) is 1. The van der Waals surface area contributed by atoms with Gasteiger partial charge in [0.25, 0.3) is 0 Å². The summed E-state index contributed by atoms with van der Waals surface area (Å²) < 4.78 is 5.55. The van der Waals surface area contributed by atoms with Crippen LogP contribution in [0.1, 0.15) is 26.2 Å². The van der Waals surface area contributed by atoms with E-state index in [2.05, 4.69) is 18.7 Å². The molecule has 1 heterocycles. The molecule has 2 aliphatic rings. The topological polar surface area (TPSA) is 29.5 Å². The maximum Gasteiger partial charge on any atom is 0.0621 e. The first kappa shape index (κ1) is 10.8. The Kier molecular flexibility index (Phi) is 3.40. The van der Waals surface area contributed by atoms with Crippen LogP contribution in [-0.4, -0.2) is 35.4 Å². The van der Waals surface area contributed by atoms with Gasteiger partial charge < -0.3 is 9.84 Å². The Balaban J connectivity index is 2.10. The van der Waals surface area contributed by atoms with E-state index < -0.39 is 0 Å². The van der Waals surface area contributed by atoms with Crippen LogP contribution in [-0.2, 0) is 4.74 Å². The van der Waals surface area contributed by atoms with Crippen LogP contribution < -0.4 is 0 Å². The SMILES string of the molecule is COC1CCSC2CCC(O)C(C)C12. The molecule has 1 N–H and O–H groups in total. The minimum Gasteiger partial charge on any atom is -0.393 e. The number of fused-ring (bicyclic) bond motifs is 1. The molecule has 0 amide bonds. The Morgan fingerprint density at radius 1 is 1.29 bits per heavy atom. The van der Waals surface area contributed by atoms with E-state index in [0.717, 1.165) is 18.1 Å². The van der Waals surface area contributed by atoms with Gasteiger partial charge in [-0.1, -0.05) is 6.92 Å². The minimum absolute atomic E-state index is 0.104. The Bertz CT molecular complexity index is 189. The van der Waals surface area contributed by atoms with Crippen molar-refractivity contribution in [1.82, 2.24) is 0 Å². The fourth-order valence-electron chi connectivity index (χ4n) is 2.96. The van der Waals surface area contributed by atoms with Gasteiger partial charge in [-0.15, -0.1) is 0 Å². The standard InChI is InChI=1S/C11H20O2S/c1-7-8(12)3-4-10-11(7)9(13-2)5-6-14-10/h7-12H,3-6H2,1-2H3. The van der Waals surface area contributed by atoms with Crippen molar-refractivity contribution in [3.8, 4) is 0 Å². The molecular formula is C11H20O2S. The van der Waals surface area contributed by atoms with Crippen molar-refractivity contribution < 1.29 is 9.84 Å². The molecule has 1 saturated carbocycles. The molecule has 2 fully saturated rings. The number of aliphatic hydroxyl groups excluding tert-OH is 1. The van der Waals surface area contributed by atoms with E-state index in [1.807, 2.05) is 7.11 Å². The third-order valence-electron chi connectivity index (χ3n) is 3.86. The molecule has 5 atom stereocenters. The number of ether oxygens (including phenoxy) is 1. The van der Waals surface area contributed by atoms with Crippen molar-refractivity contribution in [2.24, 2.45) is 11.8 Å². The smallest absolute Gasteiger partial charge is 0.0621 e. The third-order valence-corrected chi connectivity index (χ3v) is 5.31. The van der Waals surface area contributed by atoms with E-state index in [4.69, 9.17) is 4.74 Å². The Morgan fingerprint density at radius 3 is 2.79 bits per heavy atom. The maximum absolute atomic E-state index is 9.87. The second kappa shape index (κ2) is 4.42. The summed E-state index contributed by atoms with van der Waals surface area (Å²) in [5.41, 5.74) is 0. The van der Waals surface area contributed by atoms with Crippen molar-refractivity contribution in [3.63, 3.8) is 0 Å². The van der Waals surface area contributed by atoms with Crippen molar-refractivity contribution in [3.05, 3.63) is 0 Å². The van der Waals surface area contributed by atoms with E-state index in [0.29, 0.717) is 17.9 Å². The van der Waals surface area contributed by atoms with Crippen molar-refractivity contribution >= 4 is 11.8 Å². The third kappa shape index (κ3) is 1.82. The molecule has 14 heavy (non-hydrogen) atoms. The van der Waals surface area contributed by atoms with Crippen LogP contribution in [0.3, 0.4) is 0 Å². The zero-order valence-electron chi connectivity index (χ0n) is 8.98. The zero-order valence-corrected chi connectivity index (χ0v) is 9.80. The van der Waals surface area contributed by atoms with E-state index >= 15 is 0 Å². The van der Waals surface area contributed by atoms with Gasteiger partial charge in [-0.3, -0.25) is 0 Å². The average molecular weight is 216 g/mol. The predicted octanol–water partition coefficient (Wildman–Crippen LogP) is 1.91. The van der Waals surface area contributed by atoms with E-state index in [9.17, 15) is 5.11 Å². The Labute approximate surface area is 90.4 Å². The lowest BCUT2D eigenvalue weighted by atomic mass is 9.74. The summed E-state index contributed by atoms with van der Waals surface area (Å²) in [6.45, 7) is 2.18. The largest absolute Gasteiger partial charge is 0.393 e. The number of hydrogen-bond acceptors (Lipinski definition) is 3. The van der Waals surface area contributed by atoms with Gasteiger partial charge in [0.2, 0.25) is 0 Å². The minimum atomic E-state index is -0.104. The highest BCUT2D eigenvalue weighted by atomic mass is 32.2. The van der Waals surface area contributed by atoms with Crippen LogP contribution in [0.2, 0.25) is 0 Å². The first-order chi connectivity index (χ1) is 6.74. The van der Waals surface area contributed by atoms with E-state index in [1.54, 1.807) is 0 Å². The molecule has 82 valence electrons. The fourth-order valence-corrected chi connectivity index (χ4v) is 4.58. The van der Waals surface area contributed by atoms with Crippen molar-refractivity contribution in [2.75, 3.05) is 12.9 Å². The Hall–Kier alpha value is 0.270. The lowest BCUT2D eigenvalue weighted by Crippen LogP contribution is -2.47. The normalized spacial score (nSPS) is 48.6. The van der Waals surface area contributed by atoms with Crippen molar-refractivity contribution in [1.29, 1.82) is 0 Å². The summed E-state index contributed by atoms with van der Waals surface area (Å²) in [6, 6.07) is 0. The number of rotatable bonds is 1. The zero-order chi connectivity index (χ0) is 10.1. The molecule has 0 aromatic carbocycles. The van der Waals surface area contributed by atoms with Crippen LogP contribution in [0.5, 0.6) is 0 Å². The summed E-state index contributed by atoms with van der Waals surface area (Å²) in [7, 11) is 1.81. The summed E-state index contributed by atoms with van der Waals surface area (Å²) in [4.78, 5) is 0. The number of thioether (sulfide) groups is 1. The van der Waals surface area contributed by atoms with Gasteiger partial charge in [0, 0.05) is 18.3 Å². The van der Waals surface area contributed by atoms with Crippen LogP contribution in [0.4, 0.5) is 0 Å². The highest BCUT2D eigenvalue weighted by Gasteiger charge is 2.43. The van der Waals surface area contributed by atoms with Gasteiger partial charge in [-0.05, 0) is 30.9 Å². The van der Waals surface area contributed by atoms with Gasteiger partial charge in [0.05, 0.1) is 12.2 Å². The first-order valence-electron chi connectivity index (χ1n) is 5.56. The quantitative estimate of drug-likeness (QED) is 0.726. The summed E-state index contributed by atoms with van der Waals surface area (Å²) >= 11 is 2.08. The molecular weight excluding hydrogens is 196 g/mol. The molecule has 0 bridgehead atoms. The summed E-state index contributed by atoms with van der Waals surface area (Å²) in [6.07, 6.45) is 3.57. The highest BCUT2D eigenvalue weighted by Crippen LogP contribution is 2.44. The maximum atomic E-state index is 9.87. The van der Waals surface area contributed by atoms with Crippen LogP contribution in [0.25, 0.3) is 0 Å². The van der Waals surface area contributed by atoms with Gasteiger partial charge in [0.1, 0.15) is 0 Å². The first-order valence-corrected chi connectivity index (χ1v) is 6.61. The molecule has 1 aliphatic carbocycles. The number of aliphatic hydroxyl groups is 1. The molecule has 0 spiro atoms. The number of methoxy groups -OCH3 is 1. The lowest BCUT2D eigenvalue weighted by molar-refractivity contribution is -0.0361. The highest BCUT2D eigenvalue weighted by molar-refractivity contribution is 7.99. The van der Waals surface area contributed by atoms with Gasteiger partial charge >= 0.3 is 0 Å².